The van der Waals surface area contributed by atoms with E-state index < -0.39 is 23.3 Å². The summed E-state index contributed by atoms with van der Waals surface area (Å²) in [6.45, 7) is 1.02. The third-order valence-electron chi connectivity index (χ3n) is 4.48. The molecule has 0 fully saturated rings. The zero-order valence-electron chi connectivity index (χ0n) is 16.0. The average Bonchev–Trinajstić information content (AvgIpc) is 2.77. The first-order valence-electron chi connectivity index (χ1n) is 9.02. The predicted octanol–water partition coefficient (Wildman–Crippen LogP) is 4.17. The van der Waals surface area contributed by atoms with Crippen molar-refractivity contribution in [1.29, 1.82) is 0 Å². The molecule has 0 aromatic heterocycles. The SMILES string of the molecule is Cc1ccc(C(=O)COC(=O)c2ccc(C(=O)c3ccccc3)cc2)cc1[N+](=O)[O-]. The number of hydrogen-bond donors (Lipinski definition) is 0. The summed E-state index contributed by atoms with van der Waals surface area (Å²) in [5.41, 5.74) is 1.47. The Balaban J connectivity index is 1.64. The van der Waals surface area contributed by atoms with E-state index >= 15 is 0 Å². The Morgan fingerprint density at radius 3 is 2.03 bits per heavy atom. The first-order chi connectivity index (χ1) is 14.4. The topological polar surface area (TPSA) is 104 Å². The van der Waals surface area contributed by atoms with Gasteiger partial charge in [-0.1, -0.05) is 54.6 Å². The number of rotatable bonds is 7. The molecule has 0 saturated heterocycles. The van der Waals surface area contributed by atoms with Crippen LogP contribution in [0.5, 0.6) is 0 Å². The minimum atomic E-state index is -0.733. The van der Waals surface area contributed by atoms with Crippen LogP contribution in [0.4, 0.5) is 5.69 Å². The number of carbonyl (C=O) groups is 3. The van der Waals surface area contributed by atoms with Crippen LogP contribution in [-0.2, 0) is 4.74 Å². The van der Waals surface area contributed by atoms with E-state index in [1.165, 1.54) is 36.4 Å². The fourth-order valence-corrected chi connectivity index (χ4v) is 2.79. The Morgan fingerprint density at radius 2 is 1.40 bits per heavy atom. The maximum atomic E-state index is 12.4. The van der Waals surface area contributed by atoms with Crippen LogP contribution < -0.4 is 0 Å². The number of nitro benzene ring substituents is 1. The van der Waals surface area contributed by atoms with Crippen molar-refractivity contribution in [2.45, 2.75) is 6.92 Å². The van der Waals surface area contributed by atoms with Gasteiger partial charge in [0.1, 0.15) is 0 Å². The second-order valence-corrected chi connectivity index (χ2v) is 6.53. The lowest BCUT2D eigenvalue weighted by Gasteiger charge is -2.06. The highest BCUT2D eigenvalue weighted by Gasteiger charge is 2.17. The smallest absolute Gasteiger partial charge is 0.338 e. The van der Waals surface area contributed by atoms with Gasteiger partial charge in [-0.2, -0.15) is 0 Å². The molecule has 0 spiro atoms. The Morgan fingerprint density at radius 1 is 0.833 bits per heavy atom. The summed E-state index contributed by atoms with van der Waals surface area (Å²) in [7, 11) is 0. The molecule has 3 aromatic rings. The molecular weight excluding hydrogens is 386 g/mol. The van der Waals surface area contributed by atoms with Gasteiger partial charge in [0.15, 0.2) is 12.4 Å². The Kier molecular flexibility index (Phi) is 6.12. The number of hydrogen-bond acceptors (Lipinski definition) is 6. The lowest BCUT2D eigenvalue weighted by molar-refractivity contribution is -0.385. The molecular formula is C23H17NO6. The number of esters is 1. The number of nitrogens with zero attached hydrogens (tertiary/aromatic N) is 1. The van der Waals surface area contributed by atoms with Crippen LogP contribution >= 0.6 is 0 Å². The van der Waals surface area contributed by atoms with Crippen LogP contribution in [-0.4, -0.2) is 29.1 Å². The van der Waals surface area contributed by atoms with E-state index in [0.717, 1.165) is 6.07 Å². The molecule has 0 radical (unpaired) electrons. The van der Waals surface area contributed by atoms with E-state index in [2.05, 4.69) is 0 Å². The van der Waals surface area contributed by atoms with E-state index in [1.54, 1.807) is 31.2 Å². The highest BCUT2D eigenvalue weighted by molar-refractivity contribution is 6.09. The summed E-state index contributed by atoms with van der Waals surface area (Å²) in [4.78, 5) is 47.2. The number of benzene rings is 3. The van der Waals surface area contributed by atoms with Crippen molar-refractivity contribution < 1.29 is 24.0 Å². The zero-order valence-corrected chi connectivity index (χ0v) is 16.0. The van der Waals surface area contributed by atoms with Crippen LogP contribution in [0.3, 0.4) is 0 Å². The second-order valence-electron chi connectivity index (χ2n) is 6.53. The number of ketones is 2. The summed E-state index contributed by atoms with van der Waals surface area (Å²) < 4.78 is 5.02. The van der Waals surface area contributed by atoms with E-state index in [-0.39, 0.29) is 22.6 Å². The van der Waals surface area contributed by atoms with Crippen LogP contribution in [0, 0.1) is 17.0 Å². The van der Waals surface area contributed by atoms with Gasteiger partial charge in [-0.3, -0.25) is 19.7 Å². The van der Waals surface area contributed by atoms with Gasteiger partial charge in [-0.25, -0.2) is 4.79 Å². The molecule has 0 aliphatic rings. The second kappa shape index (κ2) is 8.91. The van der Waals surface area contributed by atoms with Crippen LogP contribution in [0.25, 0.3) is 0 Å². The summed E-state index contributed by atoms with van der Waals surface area (Å²) in [5, 5.41) is 11.0. The Bertz CT molecular complexity index is 1120. The minimum Gasteiger partial charge on any atom is -0.454 e. The summed E-state index contributed by atoms with van der Waals surface area (Å²) in [6.07, 6.45) is 0. The predicted molar refractivity (Wildman–Crippen MR) is 109 cm³/mol. The molecule has 0 bridgehead atoms. The first kappa shape index (κ1) is 20.6. The number of ether oxygens (including phenoxy) is 1. The van der Waals surface area contributed by atoms with Crippen molar-refractivity contribution in [1.82, 2.24) is 0 Å². The molecule has 7 nitrogen and oxygen atoms in total. The zero-order chi connectivity index (χ0) is 21.7. The molecule has 0 saturated carbocycles. The maximum absolute atomic E-state index is 12.4. The molecule has 0 amide bonds. The number of nitro groups is 1. The lowest BCUT2D eigenvalue weighted by atomic mass is 10.0. The molecule has 0 N–H and O–H groups in total. The standard InChI is InChI=1S/C23H17NO6/c1-15-7-8-19(13-20(15)24(28)29)21(25)14-30-23(27)18-11-9-17(10-12-18)22(26)16-5-3-2-4-6-16/h2-13H,14H2,1H3. The van der Waals surface area contributed by atoms with Crippen molar-refractivity contribution in [3.8, 4) is 0 Å². The van der Waals surface area contributed by atoms with Gasteiger partial charge in [0.25, 0.3) is 5.69 Å². The molecule has 150 valence electrons. The molecule has 0 aliphatic heterocycles. The first-order valence-corrected chi connectivity index (χ1v) is 9.02. The molecule has 30 heavy (non-hydrogen) atoms. The van der Waals surface area contributed by atoms with Gasteiger partial charge in [-0.15, -0.1) is 0 Å². The van der Waals surface area contributed by atoms with Gasteiger partial charge < -0.3 is 4.74 Å². The average molecular weight is 403 g/mol. The number of aryl methyl sites for hydroxylation is 1. The van der Waals surface area contributed by atoms with Crippen LogP contribution in [0.1, 0.15) is 42.2 Å². The summed E-state index contributed by atoms with van der Waals surface area (Å²) in [5.74, 6) is -1.46. The van der Waals surface area contributed by atoms with Crippen molar-refractivity contribution >= 4 is 23.2 Å². The van der Waals surface area contributed by atoms with Crippen LogP contribution in [0.15, 0.2) is 72.8 Å². The Labute approximate surface area is 172 Å². The van der Waals surface area contributed by atoms with Gasteiger partial charge >= 0.3 is 5.97 Å². The van der Waals surface area contributed by atoms with Crippen molar-refractivity contribution in [3.05, 3.63) is 111 Å². The van der Waals surface area contributed by atoms with E-state index in [1.807, 2.05) is 6.07 Å². The lowest BCUT2D eigenvalue weighted by Crippen LogP contribution is -2.14. The minimum absolute atomic E-state index is 0.0869. The van der Waals surface area contributed by atoms with Gasteiger partial charge in [0.05, 0.1) is 10.5 Å². The highest BCUT2D eigenvalue weighted by Crippen LogP contribution is 2.20. The van der Waals surface area contributed by atoms with Crippen molar-refractivity contribution in [2.75, 3.05) is 6.61 Å². The number of Topliss-reactive ketones (excluding diaryl/α,β-unsaturated/α-hetero) is 1. The maximum Gasteiger partial charge on any atom is 0.338 e. The van der Waals surface area contributed by atoms with Gasteiger partial charge in [-0.05, 0) is 19.1 Å². The van der Waals surface area contributed by atoms with Gasteiger partial charge in [0, 0.05) is 28.3 Å². The number of carbonyl (C=O) groups excluding carboxylic acids is 3. The molecule has 3 aromatic carbocycles. The van der Waals surface area contributed by atoms with Gasteiger partial charge in [0.2, 0.25) is 5.78 Å². The normalized spacial score (nSPS) is 10.3. The third-order valence-corrected chi connectivity index (χ3v) is 4.48. The molecule has 0 atom stereocenters. The van der Waals surface area contributed by atoms with Crippen molar-refractivity contribution in [3.63, 3.8) is 0 Å². The summed E-state index contributed by atoms with van der Waals surface area (Å²) >= 11 is 0. The van der Waals surface area contributed by atoms with E-state index in [0.29, 0.717) is 16.7 Å². The fraction of sp³-hybridized carbons (Fsp3) is 0.0870. The fourth-order valence-electron chi connectivity index (χ4n) is 2.79. The van der Waals surface area contributed by atoms with Crippen molar-refractivity contribution in [2.24, 2.45) is 0 Å². The van der Waals surface area contributed by atoms with E-state index in [4.69, 9.17) is 4.74 Å². The molecule has 3 rings (SSSR count). The van der Waals surface area contributed by atoms with E-state index in [9.17, 15) is 24.5 Å². The quantitative estimate of drug-likeness (QED) is 0.254. The molecule has 0 heterocycles. The van der Waals surface area contributed by atoms with Crippen LogP contribution in [0.2, 0.25) is 0 Å². The molecule has 0 aliphatic carbocycles. The highest BCUT2D eigenvalue weighted by atomic mass is 16.6. The molecule has 7 heteroatoms. The summed E-state index contributed by atoms with van der Waals surface area (Å²) in [6, 6.07) is 18.7. The molecule has 0 unspecified atom stereocenters. The largest absolute Gasteiger partial charge is 0.454 e. The Hall–Kier alpha value is -4.13. The third kappa shape index (κ3) is 4.64. The monoisotopic (exact) mass is 403 g/mol.